The van der Waals surface area contributed by atoms with E-state index in [-0.39, 0.29) is 11.8 Å². The van der Waals surface area contributed by atoms with E-state index in [9.17, 15) is 13.2 Å². The number of ether oxygens (including phenoxy) is 2. The minimum atomic E-state index is -3.89. The molecule has 2 aromatic carbocycles. The van der Waals surface area contributed by atoms with Crippen LogP contribution in [0.3, 0.4) is 0 Å². The third kappa shape index (κ3) is 6.37. The molecule has 0 aliphatic heterocycles. The summed E-state index contributed by atoms with van der Waals surface area (Å²) in [4.78, 5) is 12.1. The van der Waals surface area contributed by atoms with Crippen LogP contribution in [0.25, 0.3) is 0 Å². The van der Waals surface area contributed by atoms with Gasteiger partial charge in [0.25, 0.3) is 0 Å². The summed E-state index contributed by atoms with van der Waals surface area (Å²) < 4.78 is 37.3. The molecule has 0 heterocycles. The van der Waals surface area contributed by atoms with Crippen molar-refractivity contribution in [2.75, 3.05) is 28.6 Å². The third-order valence-corrected chi connectivity index (χ3v) is 4.54. The average molecular weight is 393 g/mol. The topological polar surface area (TPSA) is 120 Å². The van der Waals surface area contributed by atoms with Crippen LogP contribution in [0.1, 0.15) is 13.8 Å². The summed E-state index contributed by atoms with van der Waals surface area (Å²) in [6.45, 7) is 3.79. The Kier molecular flexibility index (Phi) is 6.51. The molecular weight excluding hydrogens is 370 g/mol. The maximum absolute atomic E-state index is 12.2. The van der Waals surface area contributed by atoms with Crippen LogP contribution in [0.2, 0.25) is 0 Å². The highest BCUT2D eigenvalue weighted by atomic mass is 32.2. The Balaban J connectivity index is 2.00. The van der Waals surface area contributed by atoms with E-state index in [1.165, 1.54) is 13.2 Å². The lowest BCUT2D eigenvalue weighted by Gasteiger charge is -2.12. The minimum absolute atomic E-state index is 0.0142. The summed E-state index contributed by atoms with van der Waals surface area (Å²) in [7, 11) is -2.42. The molecule has 0 radical (unpaired) electrons. The minimum Gasteiger partial charge on any atom is -0.497 e. The number of methoxy groups -OCH3 is 1. The average Bonchev–Trinajstić information content (AvgIpc) is 2.57. The van der Waals surface area contributed by atoms with Gasteiger partial charge in [0.2, 0.25) is 15.9 Å². The molecule has 0 saturated heterocycles. The van der Waals surface area contributed by atoms with Crippen molar-refractivity contribution >= 4 is 33.0 Å². The fourth-order valence-corrected chi connectivity index (χ4v) is 3.20. The number of carbonyl (C=O) groups is 1. The second-order valence-electron chi connectivity index (χ2n) is 6.05. The first kappa shape index (κ1) is 20.4. The predicted octanol–water partition coefficient (Wildman–Crippen LogP) is 2.45. The van der Waals surface area contributed by atoms with Gasteiger partial charge in [-0.1, -0.05) is 0 Å². The maximum atomic E-state index is 12.2. The molecule has 2 rings (SSSR count). The molecule has 9 heteroatoms. The molecule has 0 unspecified atom stereocenters. The van der Waals surface area contributed by atoms with E-state index < -0.39 is 21.7 Å². The monoisotopic (exact) mass is 393 g/mol. The van der Waals surface area contributed by atoms with E-state index in [2.05, 4.69) is 10.0 Å². The van der Waals surface area contributed by atoms with Crippen molar-refractivity contribution in [3.8, 4) is 11.5 Å². The van der Waals surface area contributed by atoms with E-state index in [0.29, 0.717) is 22.9 Å². The van der Waals surface area contributed by atoms with E-state index in [1.807, 2.05) is 13.8 Å². The van der Waals surface area contributed by atoms with Gasteiger partial charge in [-0.3, -0.25) is 9.52 Å². The first-order valence-corrected chi connectivity index (χ1v) is 9.84. The molecule has 0 aliphatic rings. The van der Waals surface area contributed by atoms with Crippen molar-refractivity contribution in [2.24, 2.45) is 0 Å². The van der Waals surface area contributed by atoms with Crippen LogP contribution in [0.4, 0.5) is 17.1 Å². The van der Waals surface area contributed by atoms with E-state index in [0.717, 1.165) is 0 Å². The van der Waals surface area contributed by atoms with Gasteiger partial charge in [-0.05, 0) is 50.2 Å². The molecule has 2 aromatic rings. The quantitative estimate of drug-likeness (QED) is 0.593. The number of sulfonamides is 1. The van der Waals surface area contributed by atoms with Crippen molar-refractivity contribution in [3.05, 3.63) is 42.5 Å². The smallest absolute Gasteiger partial charge is 0.241 e. The number of rotatable bonds is 8. The summed E-state index contributed by atoms with van der Waals surface area (Å²) in [5.74, 6) is -0.362. The Hall–Kier alpha value is -2.94. The van der Waals surface area contributed by atoms with Crippen LogP contribution in [-0.2, 0) is 14.8 Å². The molecule has 0 bridgehead atoms. The van der Waals surface area contributed by atoms with Gasteiger partial charge >= 0.3 is 0 Å². The van der Waals surface area contributed by atoms with Crippen LogP contribution < -0.4 is 25.2 Å². The van der Waals surface area contributed by atoms with E-state index >= 15 is 0 Å². The maximum Gasteiger partial charge on any atom is 0.241 e. The third-order valence-electron chi connectivity index (χ3n) is 3.36. The van der Waals surface area contributed by atoms with Crippen LogP contribution in [0, 0.1) is 0 Å². The summed E-state index contributed by atoms with van der Waals surface area (Å²) in [5.41, 5.74) is 6.70. The largest absolute Gasteiger partial charge is 0.497 e. The van der Waals surface area contributed by atoms with Gasteiger partial charge in [-0.25, -0.2) is 8.42 Å². The van der Waals surface area contributed by atoms with Gasteiger partial charge in [0.05, 0.1) is 24.6 Å². The fourth-order valence-electron chi connectivity index (χ4n) is 2.22. The molecule has 27 heavy (non-hydrogen) atoms. The number of nitrogens with one attached hydrogen (secondary N) is 2. The lowest BCUT2D eigenvalue weighted by molar-refractivity contribution is -0.113. The summed E-state index contributed by atoms with van der Waals surface area (Å²) in [6, 6.07) is 11.1. The Morgan fingerprint density at radius 3 is 2.33 bits per heavy atom. The van der Waals surface area contributed by atoms with Gasteiger partial charge in [0.1, 0.15) is 17.3 Å². The van der Waals surface area contributed by atoms with Gasteiger partial charge in [-0.15, -0.1) is 0 Å². The lowest BCUT2D eigenvalue weighted by atomic mass is 10.2. The van der Waals surface area contributed by atoms with Gasteiger partial charge in [0.15, 0.2) is 0 Å². The van der Waals surface area contributed by atoms with Crippen molar-refractivity contribution in [1.29, 1.82) is 0 Å². The molecular formula is C18H23N3O5S. The molecule has 0 spiro atoms. The number of nitrogen functional groups attached to an aromatic ring is 1. The second-order valence-corrected chi connectivity index (χ2v) is 7.78. The second kappa shape index (κ2) is 8.63. The van der Waals surface area contributed by atoms with Crippen LogP contribution in [0.5, 0.6) is 11.5 Å². The Morgan fingerprint density at radius 1 is 1.11 bits per heavy atom. The number of amides is 1. The number of hydrogen-bond acceptors (Lipinski definition) is 6. The zero-order valence-corrected chi connectivity index (χ0v) is 16.2. The van der Waals surface area contributed by atoms with Crippen molar-refractivity contribution in [2.45, 2.75) is 20.0 Å². The summed E-state index contributed by atoms with van der Waals surface area (Å²) in [6.07, 6.45) is 0.0142. The molecule has 4 N–H and O–H groups in total. The molecule has 0 aromatic heterocycles. The molecule has 0 saturated carbocycles. The fraction of sp³-hybridized carbons (Fsp3) is 0.278. The molecule has 0 atom stereocenters. The van der Waals surface area contributed by atoms with Crippen LogP contribution in [0.15, 0.2) is 42.5 Å². The highest BCUT2D eigenvalue weighted by Crippen LogP contribution is 2.24. The Labute approximate surface area is 158 Å². The molecule has 0 fully saturated rings. The zero-order valence-electron chi connectivity index (χ0n) is 15.4. The Bertz CT molecular complexity index is 896. The first-order valence-electron chi connectivity index (χ1n) is 8.19. The van der Waals surface area contributed by atoms with Crippen LogP contribution >= 0.6 is 0 Å². The highest BCUT2D eigenvalue weighted by molar-refractivity contribution is 7.93. The van der Waals surface area contributed by atoms with Crippen molar-refractivity contribution < 1.29 is 22.7 Å². The standard InChI is InChI=1S/C18H23N3O5S/c1-12(2)26-14-6-4-13(5-7-14)21-27(23,24)11-18(22)20-17-10-15(25-3)8-9-16(17)19/h4-10,12,21H,11,19H2,1-3H3,(H,20,22). The number of nitrogens with two attached hydrogens (primary N) is 1. The Morgan fingerprint density at radius 2 is 1.74 bits per heavy atom. The van der Waals surface area contributed by atoms with Crippen molar-refractivity contribution in [3.63, 3.8) is 0 Å². The van der Waals surface area contributed by atoms with E-state index in [4.69, 9.17) is 15.2 Å². The number of carbonyl (C=O) groups excluding carboxylic acids is 1. The van der Waals surface area contributed by atoms with E-state index in [1.54, 1.807) is 36.4 Å². The SMILES string of the molecule is COc1ccc(N)c(NC(=O)CS(=O)(=O)Nc2ccc(OC(C)C)cc2)c1. The number of benzene rings is 2. The first-order chi connectivity index (χ1) is 12.7. The summed E-state index contributed by atoms with van der Waals surface area (Å²) in [5, 5.41) is 2.47. The molecule has 146 valence electrons. The zero-order chi connectivity index (χ0) is 20.0. The van der Waals surface area contributed by atoms with Crippen LogP contribution in [-0.4, -0.2) is 33.3 Å². The number of hydrogen-bond donors (Lipinski definition) is 3. The highest BCUT2D eigenvalue weighted by Gasteiger charge is 2.18. The predicted molar refractivity (Wildman–Crippen MR) is 106 cm³/mol. The van der Waals surface area contributed by atoms with Gasteiger partial charge in [0, 0.05) is 11.8 Å². The number of anilines is 3. The lowest BCUT2D eigenvalue weighted by Crippen LogP contribution is -2.27. The molecule has 0 aliphatic carbocycles. The normalized spacial score (nSPS) is 11.1. The van der Waals surface area contributed by atoms with Gasteiger partial charge in [-0.2, -0.15) is 0 Å². The summed E-state index contributed by atoms with van der Waals surface area (Å²) >= 11 is 0. The molecule has 1 amide bonds. The van der Waals surface area contributed by atoms with Gasteiger partial charge < -0.3 is 20.5 Å². The van der Waals surface area contributed by atoms with Crippen molar-refractivity contribution in [1.82, 2.24) is 0 Å². The molecule has 8 nitrogen and oxygen atoms in total.